The van der Waals surface area contributed by atoms with E-state index in [1.54, 1.807) is 0 Å². The summed E-state index contributed by atoms with van der Waals surface area (Å²) >= 11 is 0. The second-order valence-corrected chi connectivity index (χ2v) is 6.47. The Balaban J connectivity index is 1.84. The molecule has 3 N–H and O–H groups in total. The Kier molecular flexibility index (Phi) is 5.00. The lowest BCUT2D eigenvalue weighted by Gasteiger charge is -2.36. The van der Waals surface area contributed by atoms with Gasteiger partial charge < -0.3 is 11.1 Å². The molecule has 20 heavy (non-hydrogen) atoms. The number of nitrogens with two attached hydrogens (primary N) is 1. The van der Waals surface area contributed by atoms with Gasteiger partial charge in [-0.2, -0.15) is 5.26 Å². The maximum atomic E-state index is 12.2. The lowest BCUT2D eigenvalue weighted by molar-refractivity contribution is -0.124. The highest BCUT2D eigenvalue weighted by molar-refractivity contribution is 5.79. The molecule has 1 heterocycles. The molecule has 2 fully saturated rings. The summed E-state index contributed by atoms with van der Waals surface area (Å²) in [5.41, 5.74) is 5.43. The van der Waals surface area contributed by atoms with E-state index in [0.29, 0.717) is 12.5 Å². The highest BCUT2D eigenvalue weighted by Gasteiger charge is 2.34. The number of hydrogen-bond donors (Lipinski definition) is 2. The van der Waals surface area contributed by atoms with Crippen LogP contribution in [0.3, 0.4) is 0 Å². The van der Waals surface area contributed by atoms with Crippen LogP contribution in [0.2, 0.25) is 0 Å². The van der Waals surface area contributed by atoms with Gasteiger partial charge in [0, 0.05) is 12.6 Å². The van der Waals surface area contributed by atoms with Gasteiger partial charge in [-0.25, -0.2) is 0 Å². The van der Waals surface area contributed by atoms with Crippen LogP contribution in [0.4, 0.5) is 0 Å². The molecule has 0 bridgehead atoms. The lowest BCUT2D eigenvalue weighted by Crippen LogP contribution is -2.54. The standard InChI is InChI=1S/C15H26N4O/c1-12-5-8-19(9-13(12)17)10-14(20)18-15(11-16)6-3-2-4-7-15/h12-13H,2-10,17H2,1H3,(H,18,20). The van der Waals surface area contributed by atoms with E-state index >= 15 is 0 Å². The topological polar surface area (TPSA) is 82.2 Å². The molecule has 5 nitrogen and oxygen atoms in total. The second kappa shape index (κ2) is 6.55. The average Bonchev–Trinajstić information content (AvgIpc) is 2.44. The fourth-order valence-electron chi connectivity index (χ4n) is 3.24. The van der Waals surface area contributed by atoms with E-state index < -0.39 is 5.54 Å². The molecule has 2 rings (SSSR count). The summed E-state index contributed by atoms with van der Waals surface area (Å²) in [5, 5.41) is 12.3. The predicted molar refractivity (Wildman–Crippen MR) is 77.8 cm³/mol. The second-order valence-electron chi connectivity index (χ2n) is 6.47. The molecule has 1 saturated heterocycles. The van der Waals surface area contributed by atoms with Crippen molar-refractivity contribution in [3.8, 4) is 6.07 Å². The van der Waals surface area contributed by atoms with Gasteiger partial charge in [0.05, 0.1) is 12.6 Å². The monoisotopic (exact) mass is 278 g/mol. The zero-order valence-electron chi connectivity index (χ0n) is 12.4. The van der Waals surface area contributed by atoms with Crippen molar-refractivity contribution in [2.45, 2.75) is 57.0 Å². The number of piperidine rings is 1. The molecule has 0 radical (unpaired) electrons. The molecule has 2 aliphatic rings. The van der Waals surface area contributed by atoms with E-state index in [9.17, 15) is 10.1 Å². The number of carbonyl (C=O) groups excluding carboxylic acids is 1. The van der Waals surface area contributed by atoms with Gasteiger partial charge in [-0.05, 0) is 31.7 Å². The van der Waals surface area contributed by atoms with Crippen LogP contribution in [-0.4, -0.2) is 42.0 Å². The minimum absolute atomic E-state index is 0.0322. The van der Waals surface area contributed by atoms with E-state index in [-0.39, 0.29) is 11.9 Å². The van der Waals surface area contributed by atoms with E-state index in [0.717, 1.165) is 51.6 Å². The van der Waals surface area contributed by atoms with Crippen molar-refractivity contribution < 1.29 is 4.79 Å². The van der Waals surface area contributed by atoms with Crippen LogP contribution in [-0.2, 0) is 4.79 Å². The van der Waals surface area contributed by atoms with Gasteiger partial charge in [0.15, 0.2) is 0 Å². The zero-order valence-corrected chi connectivity index (χ0v) is 12.4. The number of nitrogens with zero attached hydrogens (tertiary/aromatic N) is 2. The SMILES string of the molecule is CC1CCN(CC(=O)NC2(C#N)CCCCC2)CC1N. The average molecular weight is 278 g/mol. The molecule has 112 valence electrons. The highest BCUT2D eigenvalue weighted by Crippen LogP contribution is 2.27. The Hall–Kier alpha value is -1.12. The fraction of sp³-hybridized carbons (Fsp3) is 0.867. The molecule has 0 aromatic heterocycles. The third-order valence-corrected chi connectivity index (χ3v) is 4.77. The molecule has 0 aromatic rings. The summed E-state index contributed by atoms with van der Waals surface area (Å²) in [4.78, 5) is 14.3. The summed E-state index contributed by atoms with van der Waals surface area (Å²) in [6, 6.07) is 2.48. The number of hydrogen-bond acceptors (Lipinski definition) is 4. The van der Waals surface area contributed by atoms with Crippen molar-refractivity contribution in [2.24, 2.45) is 11.7 Å². The van der Waals surface area contributed by atoms with Gasteiger partial charge in [0.1, 0.15) is 5.54 Å². The van der Waals surface area contributed by atoms with Crippen molar-refractivity contribution in [3.63, 3.8) is 0 Å². The lowest BCUT2D eigenvalue weighted by atomic mass is 9.83. The van der Waals surface area contributed by atoms with Crippen molar-refractivity contribution in [1.29, 1.82) is 5.26 Å². The number of nitriles is 1. The van der Waals surface area contributed by atoms with Crippen LogP contribution >= 0.6 is 0 Å². The summed E-state index contributed by atoms with van der Waals surface area (Å²) in [6.07, 6.45) is 5.83. The Morgan fingerprint density at radius 3 is 2.75 bits per heavy atom. The molecular weight excluding hydrogens is 252 g/mol. The van der Waals surface area contributed by atoms with Gasteiger partial charge in [-0.3, -0.25) is 9.69 Å². The number of amides is 1. The van der Waals surface area contributed by atoms with Crippen molar-refractivity contribution in [1.82, 2.24) is 10.2 Å². The van der Waals surface area contributed by atoms with E-state index in [2.05, 4.69) is 23.2 Å². The van der Waals surface area contributed by atoms with Gasteiger partial charge in [-0.15, -0.1) is 0 Å². The van der Waals surface area contributed by atoms with E-state index in [1.807, 2.05) is 0 Å². The number of likely N-dealkylation sites (tertiary alicyclic amines) is 1. The minimum Gasteiger partial charge on any atom is -0.337 e. The summed E-state index contributed by atoms with van der Waals surface area (Å²) < 4.78 is 0. The Labute approximate surface area is 121 Å². The normalized spacial score (nSPS) is 30.4. The predicted octanol–water partition coefficient (Wildman–Crippen LogP) is 0.998. The molecule has 5 heteroatoms. The maximum absolute atomic E-state index is 12.2. The number of rotatable bonds is 3. The molecular formula is C15H26N4O. The molecule has 1 aliphatic carbocycles. The summed E-state index contributed by atoms with van der Waals surface area (Å²) in [7, 11) is 0. The molecule has 0 aromatic carbocycles. The Morgan fingerprint density at radius 1 is 1.45 bits per heavy atom. The maximum Gasteiger partial charge on any atom is 0.235 e. The van der Waals surface area contributed by atoms with Crippen LogP contribution in [0, 0.1) is 17.2 Å². The van der Waals surface area contributed by atoms with Crippen LogP contribution < -0.4 is 11.1 Å². The van der Waals surface area contributed by atoms with E-state index in [1.165, 1.54) is 0 Å². The first kappa shape index (κ1) is 15.3. The first-order valence-corrected chi connectivity index (χ1v) is 7.75. The number of nitrogens with one attached hydrogen (secondary N) is 1. The smallest absolute Gasteiger partial charge is 0.235 e. The third-order valence-electron chi connectivity index (χ3n) is 4.77. The summed E-state index contributed by atoms with van der Waals surface area (Å²) in [5.74, 6) is 0.494. The van der Waals surface area contributed by atoms with Crippen molar-refractivity contribution in [2.75, 3.05) is 19.6 Å². The van der Waals surface area contributed by atoms with Crippen LogP contribution in [0.1, 0.15) is 45.4 Å². The van der Waals surface area contributed by atoms with Crippen molar-refractivity contribution in [3.05, 3.63) is 0 Å². The fourth-order valence-corrected chi connectivity index (χ4v) is 3.24. The first-order chi connectivity index (χ1) is 9.54. The van der Waals surface area contributed by atoms with E-state index in [4.69, 9.17) is 5.73 Å². The van der Waals surface area contributed by atoms with Crippen molar-refractivity contribution >= 4 is 5.91 Å². The van der Waals surface area contributed by atoms with Gasteiger partial charge in [0.25, 0.3) is 0 Å². The van der Waals surface area contributed by atoms with Gasteiger partial charge in [-0.1, -0.05) is 26.2 Å². The third kappa shape index (κ3) is 3.71. The highest BCUT2D eigenvalue weighted by atomic mass is 16.2. The Morgan fingerprint density at radius 2 is 2.15 bits per heavy atom. The Bertz CT molecular complexity index is 384. The van der Waals surface area contributed by atoms with Gasteiger partial charge >= 0.3 is 0 Å². The first-order valence-electron chi connectivity index (χ1n) is 7.75. The molecule has 1 aliphatic heterocycles. The zero-order chi connectivity index (χ0) is 14.6. The summed E-state index contributed by atoms with van der Waals surface area (Å²) in [6.45, 7) is 4.22. The van der Waals surface area contributed by atoms with Crippen LogP contribution in [0.5, 0.6) is 0 Å². The number of carbonyl (C=O) groups is 1. The molecule has 0 spiro atoms. The minimum atomic E-state index is -0.624. The largest absolute Gasteiger partial charge is 0.337 e. The molecule has 2 atom stereocenters. The molecule has 1 saturated carbocycles. The van der Waals surface area contributed by atoms with Crippen LogP contribution in [0.15, 0.2) is 0 Å². The molecule has 1 amide bonds. The van der Waals surface area contributed by atoms with Gasteiger partial charge in [0.2, 0.25) is 5.91 Å². The quantitative estimate of drug-likeness (QED) is 0.807. The van der Waals surface area contributed by atoms with Crippen LogP contribution in [0.25, 0.3) is 0 Å². The molecule has 2 unspecified atom stereocenters.